The van der Waals surface area contributed by atoms with E-state index in [1.807, 2.05) is 0 Å². The highest BCUT2D eigenvalue weighted by Crippen LogP contribution is 2.33. The minimum absolute atomic E-state index is 0.0249. The van der Waals surface area contributed by atoms with Gasteiger partial charge in [-0.15, -0.1) is 0 Å². The first kappa shape index (κ1) is 15.1. The molecule has 0 saturated heterocycles. The van der Waals surface area contributed by atoms with E-state index >= 15 is 0 Å². The van der Waals surface area contributed by atoms with E-state index < -0.39 is 16.0 Å². The third-order valence-corrected chi connectivity index (χ3v) is 3.51. The van der Waals surface area contributed by atoms with E-state index in [2.05, 4.69) is 20.1 Å². The maximum atomic E-state index is 11.3. The van der Waals surface area contributed by atoms with Crippen LogP contribution in [0, 0.1) is 17.0 Å². The molecule has 2 aromatic rings. The molecular weight excluding hydrogens is 324 g/mol. The molecule has 2 aromatic heterocycles. The highest BCUT2D eigenvalue weighted by Gasteiger charge is 2.24. The number of nitrogens with one attached hydrogen (secondary N) is 1. The molecule has 21 heavy (non-hydrogen) atoms. The number of nitro groups is 1. The third kappa shape index (κ3) is 3.08. The van der Waals surface area contributed by atoms with Crippen LogP contribution >= 0.6 is 23.4 Å². The molecule has 0 aromatic carbocycles. The van der Waals surface area contributed by atoms with Crippen molar-refractivity contribution in [1.82, 2.24) is 24.7 Å². The zero-order valence-corrected chi connectivity index (χ0v) is 12.2. The van der Waals surface area contributed by atoms with Crippen molar-refractivity contribution in [2.75, 3.05) is 0 Å². The van der Waals surface area contributed by atoms with E-state index in [1.54, 1.807) is 0 Å². The van der Waals surface area contributed by atoms with Gasteiger partial charge in [0.2, 0.25) is 5.28 Å². The lowest BCUT2D eigenvalue weighted by Gasteiger charge is -2.06. The quantitative estimate of drug-likeness (QED) is 0.278. The van der Waals surface area contributed by atoms with Crippen LogP contribution in [0.1, 0.15) is 5.69 Å². The molecule has 0 bridgehead atoms. The molecule has 0 saturated carbocycles. The van der Waals surface area contributed by atoms with E-state index in [0.717, 1.165) is 16.4 Å². The number of aryl methyl sites for hydroxylation is 2. The van der Waals surface area contributed by atoms with Crippen molar-refractivity contribution in [2.45, 2.75) is 17.1 Å². The van der Waals surface area contributed by atoms with Crippen molar-refractivity contribution in [3.63, 3.8) is 0 Å². The number of rotatable bonds is 3. The summed E-state index contributed by atoms with van der Waals surface area (Å²) in [5.74, 6) is 0. The van der Waals surface area contributed by atoms with Crippen LogP contribution in [0.3, 0.4) is 0 Å². The Morgan fingerprint density at radius 3 is 2.62 bits per heavy atom. The van der Waals surface area contributed by atoms with Crippen molar-refractivity contribution in [2.24, 2.45) is 7.05 Å². The molecule has 110 valence electrons. The predicted octanol–water partition coefficient (Wildman–Crippen LogP) is 0.280. The fourth-order valence-electron chi connectivity index (χ4n) is 1.43. The maximum Gasteiger partial charge on any atom is 0.339 e. The Balaban J connectivity index is 2.59. The smallest absolute Gasteiger partial charge is 0.265 e. The first-order valence-corrected chi connectivity index (χ1v) is 6.52. The summed E-state index contributed by atoms with van der Waals surface area (Å²) in [4.78, 5) is 43.8. The average Bonchev–Trinajstić information content (AvgIpc) is 2.34. The molecule has 0 atom stereocenters. The topological polar surface area (TPSA) is 137 Å². The normalized spacial score (nSPS) is 10.6. The minimum Gasteiger partial charge on any atom is -0.265 e. The molecule has 0 spiro atoms. The highest BCUT2D eigenvalue weighted by atomic mass is 35.5. The molecule has 0 fully saturated rings. The van der Waals surface area contributed by atoms with Crippen LogP contribution in [0.4, 0.5) is 5.69 Å². The highest BCUT2D eigenvalue weighted by molar-refractivity contribution is 7.99. The van der Waals surface area contributed by atoms with Gasteiger partial charge in [-0.25, -0.2) is 9.97 Å². The zero-order chi connectivity index (χ0) is 15.7. The number of aromatic nitrogens is 5. The lowest BCUT2D eigenvalue weighted by Crippen LogP contribution is -2.33. The van der Waals surface area contributed by atoms with Crippen molar-refractivity contribution < 1.29 is 4.92 Å². The molecule has 0 aliphatic rings. The Bertz CT molecular complexity index is 847. The van der Waals surface area contributed by atoms with Gasteiger partial charge in [0.25, 0.3) is 0 Å². The summed E-state index contributed by atoms with van der Waals surface area (Å²) < 4.78 is 1.16. The molecule has 12 heteroatoms. The van der Waals surface area contributed by atoms with Crippen molar-refractivity contribution >= 4 is 29.1 Å². The Morgan fingerprint density at radius 1 is 1.33 bits per heavy atom. The largest absolute Gasteiger partial charge is 0.339 e. The summed E-state index contributed by atoms with van der Waals surface area (Å²) in [6, 6.07) is 0. The van der Waals surface area contributed by atoms with Gasteiger partial charge in [0.15, 0.2) is 10.2 Å². The molecule has 1 N–H and O–H groups in total. The summed E-state index contributed by atoms with van der Waals surface area (Å²) in [6.45, 7) is 1.41. The molecule has 0 aliphatic carbocycles. The number of halogens is 1. The van der Waals surface area contributed by atoms with Gasteiger partial charge in [0.1, 0.15) is 5.69 Å². The Hall–Kier alpha value is -2.27. The fraction of sp³-hybridized carbons (Fsp3) is 0.222. The van der Waals surface area contributed by atoms with Crippen LogP contribution in [0.25, 0.3) is 0 Å². The van der Waals surface area contributed by atoms with Crippen molar-refractivity contribution in [3.05, 3.63) is 41.8 Å². The van der Waals surface area contributed by atoms with Gasteiger partial charge in [0, 0.05) is 7.05 Å². The summed E-state index contributed by atoms with van der Waals surface area (Å²) in [6.07, 6.45) is 0. The number of hydrogen-bond acceptors (Lipinski definition) is 8. The second-order valence-electron chi connectivity index (χ2n) is 3.79. The fourth-order valence-corrected chi connectivity index (χ4v) is 2.62. The first-order valence-electron chi connectivity index (χ1n) is 5.33. The number of nitrogens with zero attached hydrogens (tertiary/aromatic N) is 5. The molecule has 0 amide bonds. The second-order valence-corrected chi connectivity index (χ2v) is 5.08. The van der Waals surface area contributed by atoms with Crippen LogP contribution in [-0.2, 0) is 7.05 Å². The first-order chi connectivity index (χ1) is 9.79. The summed E-state index contributed by atoms with van der Waals surface area (Å²) in [7, 11) is 1.43. The number of aromatic amines is 1. The number of hydrogen-bond donors (Lipinski definition) is 1. The van der Waals surface area contributed by atoms with Crippen molar-refractivity contribution in [1.29, 1.82) is 0 Å². The molecule has 2 rings (SSSR count). The third-order valence-electron chi connectivity index (χ3n) is 2.32. The van der Waals surface area contributed by atoms with E-state index in [9.17, 15) is 19.7 Å². The van der Waals surface area contributed by atoms with Crippen LogP contribution < -0.4 is 11.1 Å². The van der Waals surface area contributed by atoms with E-state index in [0.29, 0.717) is 0 Å². The van der Waals surface area contributed by atoms with Crippen molar-refractivity contribution in [3.8, 4) is 0 Å². The monoisotopic (exact) mass is 330 g/mol. The molecule has 0 aliphatic heterocycles. The Labute approximate surface area is 125 Å². The minimum atomic E-state index is -1.00. The summed E-state index contributed by atoms with van der Waals surface area (Å²) >= 11 is 6.41. The Kier molecular flexibility index (Phi) is 4.04. The van der Waals surface area contributed by atoms with Crippen LogP contribution in [0.2, 0.25) is 5.28 Å². The standard InChI is InChI=1S/C9H7ClN6O4S/c1-3-4(16(19)20)7(13-8(10)11-3)21-9-12-5(17)6(18)14-15(9)2/h1-2H3,(H,14,18). The van der Waals surface area contributed by atoms with E-state index in [1.165, 1.54) is 14.0 Å². The van der Waals surface area contributed by atoms with Gasteiger partial charge in [-0.05, 0) is 30.3 Å². The van der Waals surface area contributed by atoms with E-state index in [4.69, 9.17) is 11.6 Å². The molecule has 0 radical (unpaired) electrons. The van der Waals surface area contributed by atoms with E-state index in [-0.39, 0.29) is 26.8 Å². The van der Waals surface area contributed by atoms with Gasteiger partial charge >= 0.3 is 16.8 Å². The lowest BCUT2D eigenvalue weighted by molar-refractivity contribution is -0.389. The summed E-state index contributed by atoms with van der Waals surface area (Å²) in [5, 5.41) is 13.1. The molecular formula is C9H7ClN6O4S. The predicted molar refractivity (Wildman–Crippen MR) is 72.7 cm³/mol. The maximum absolute atomic E-state index is 11.3. The molecule has 10 nitrogen and oxygen atoms in total. The average molecular weight is 331 g/mol. The zero-order valence-electron chi connectivity index (χ0n) is 10.7. The van der Waals surface area contributed by atoms with Gasteiger partial charge in [0.05, 0.1) is 4.92 Å². The van der Waals surface area contributed by atoms with Gasteiger partial charge in [-0.3, -0.25) is 29.5 Å². The summed E-state index contributed by atoms with van der Waals surface area (Å²) in [5.41, 5.74) is -2.16. The number of H-pyrrole nitrogens is 1. The lowest BCUT2D eigenvalue weighted by atomic mass is 10.4. The van der Waals surface area contributed by atoms with Crippen LogP contribution in [-0.4, -0.2) is 29.7 Å². The van der Waals surface area contributed by atoms with Crippen LogP contribution in [0.15, 0.2) is 19.8 Å². The molecule has 2 heterocycles. The van der Waals surface area contributed by atoms with Gasteiger partial charge in [-0.1, -0.05) is 0 Å². The molecule has 0 unspecified atom stereocenters. The van der Waals surface area contributed by atoms with Crippen LogP contribution in [0.5, 0.6) is 0 Å². The van der Waals surface area contributed by atoms with Gasteiger partial charge < -0.3 is 0 Å². The second kappa shape index (κ2) is 5.61. The SMILES string of the molecule is Cc1nc(Cl)nc(Sc2nc(=O)c(=O)[nH]n2C)c1[N+](=O)[O-]. The Morgan fingerprint density at radius 2 is 2.00 bits per heavy atom. The van der Waals surface area contributed by atoms with Gasteiger partial charge in [-0.2, -0.15) is 4.98 Å².